The van der Waals surface area contributed by atoms with Crippen LogP contribution in [0.5, 0.6) is 0 Å². The maximum absolute atomic E-state index is 15.6. The predicted octanol–water partition coefficient (Wildman–Crippen LogP) is 3.12. The summed E-state index contributed by atoms with van der Waals surface area (Å²) < 4.78 is 40.8. The summed E-state index contributed by atoms with van der Waals surface area (Å²) in [6.07, 6.45) is 4.91. The minimum Gasteiger partial charge on any atom is -0.339 e. The van der Waals surface area contributed by atoms with Crippen molar-refractivity contribution in [3.8, 4) is 0 Å². The van der Waals surface area contributed by atoms with Gasteiger partial charge in [0, 0.05) is 32.3 Å². The van der Waals surface area contributed by atoms with E-state index in [1.807, 2.05) is 6.92 Å². The number of rotatable bonds is 10. The number of halogens is 1. The van der Waals surface area contributed by atoms with Gasteiger partial charge in [-0.25, -0.2) is 12.8 Å². The highest BCUT2D eigenvalue weighted by Gasteiger charge is 2.34. The first-order chi connectivity index (χ1) is 21.8. The molecule has 2 aromatic rings. The highest BCUT2D eigenvalue weighted by Crippen LogP contribution is 2.32. The largest absolute Gasteiger partial charge is 0.339 e. The zero-order chi connectivity index (χ0) is 33.6. The fourth-order valence-corrected chi connectivity index (χ4v) is 7.02. The molecular weight excluding hydrogens is 615 g/mol. The van der Waals surface area contributed by atoms with Gasteiger partial charge < -0.3 is 20.9 Å². The van der Waals surface area contributed by atoms with Gasteiger partial charge >= 0.3 is 0 Å². The van der Waals surface area contributed by atoms with Crippen LogP contribution in [0.25, 0.3) is 5.57 Å². The number of carbonyl (C=O) groups excluding carboxylic acids is 4. The predicted molar refractivity (Wildman–Crippen MR) is 172 cm³/mol. The van der Waals surface area contributed by atoms with Gasteiger partial charge in [0.2, 0.25) is 11.8 Å². The number of nitrogens with zero attached hydrogens (tertiary/aromatic N) is 3. The van der Waals surface area contributed by atoms with Crippen molar-refractivity contribution in [1.82, 2.24) is 25.3 Å². The Bertz CT molecular complexity index is 1600. The van der Waals surface area contributed by atoms with Crippen LogP contribution in [0.15, 0.2) is 36.2 Å². The molecule has 1 aliphatic carbocycles. The van der Waals surface area contributed by atoms with E-state index in [0.29, 0.717) is 23.7 Å². The Morgan fingerprint density at radius 3 is 2.33 bits per heavy atom. The number of benzene rings is 1. The summed E-state index contributed by atoms with van der Waals surface area (Å²) in [7, 11) is -3.24. The summed E-state index contributed by atoms with van der Waals surface area (Å²) >= 11 is 0. The lowest BCUT2D eigenvalue weighted by molar-refractivity contribution is -0.129. The number of hydrogen-bond donors (Lipinski definition) is 3. The maximum atomic E-state index is 15.6. The van der Waals surface area contributed by atoms with E-state index >= 15 is 4.39 Å². The molecule has 0 spiro atoms. The van der Waals surface area contributed by atoms with Crippen LogP contribution in [0.2, 0.25) is 0 Å². The Labute approximate surface area is 269 Å². The zero-order valence-electron chi connectivity index (χ0n) is 26.8. The van der Waals surface area contributed by atoms with E-state index in [-0.39, 0.29) is 53.9 Å². The topological polar surface area (TPSA) is 160 Å². The van der Waals surface area contributed by atoms with Gasteiger partial charge in [0.15, 0.2) is 9.84 Å². The summed E-state index contributed by atoms with van der Waals surface area (Å²) in [6, 6.07) is 4.74. The number of carbonyl (C=O) groups is 4. The summed E-state index contributed by atoms with van der Waals surface area (Å²) in [5.41, 5.74) is 0.733. The van der Waals surface area contributed by atoms with E-state index in [4.69, 9.17) is 0 Å². The molecular formula is C32H43FN6O6S. The zero-order valence-corrected chi connectivity index (χ0v) is 27.6. The van der Waals surface area contributed by atoms with Crippen LogP contribution in [0.4, 0.5) is 10.1 Å². The molecule has 0 bridgehead atoms. The van der Waals surface area contributed by atoms with Crippen LogP contribution in [0.3, 0.4) is 0 Å². The van der Waals surface area contributed by atoms with E-state index in [9.17, 15) is 27.6 Å². The second-order valence-electron chi connectivity index (χ2n) is 12.0. The molecule has 1 atom stereocenters. The van der Waals surface area contributed by atoms with Crippen LogP contribution in [-0.4, -0.2) is 77.4 Å². The van der Waals surface area contributed by atoms with Crippen LogP contribution < -0.4 is 16.0 Å². The third-order valence-corrected chi connectivity index (χ3v) is 10.4. The van der Waals surface area contributed by atoms with Crippen molar-refractivity contribution in [2.24, 2.45) is 11.8 Å². The minimum atomic E-state index is -3.24. The van der Waals surface area contributed by atoms with Crippen LogP contribution in [0, 0.1) is 17.7 Å². The first-order valence-electron chi connectivity index (χ1n) is 15.8. The van der Waals surface area contributed by atoms with Crippen molar-refractivity contribution < 1.29 is 32.0 Å². The van der Waals surface area contributed by atoms with Gasteiger partial charge in [-0.05, 0) is 67.9 Å². The number of anilines is 1. The summed E-state index contributed by atoms with van der Waals surface area (Å²) in [6.45, 7) is 7.65. The van der Waals surface area contributed by atoms with Gasteiger partial charge in [0.1, 0.15) is 23.3 Å². The molecule has 4 rings (SSSR count). The average Bonchev–Trinajstić information content (AvgIpc) is 3.52. The molecule has 1 aliphatic heterocycles. The normalized spacial score (nSPS) is 20.7. The van der Waals surface area contributed by atoms with Crippen molar-refractivity contribution in [3.05, 3.63) is 53.2 Å². The fraction of sp³-hybridized carbons (Fsp3) is 0.531. The number of hydrogen-bond acceptors (Lipinski definition) is 7. The number of amides is 4. The SMILES string of the molecule is CCC(=O)N/C(C(=O)N1CCS(=O)(=O)CC1)=C(\C)c1ccc(NC(=O)[C@@H](NC(=O)c2ccnn2CC)C2CCC(C)CC2)c(F)c1. The molecule has 46 heavy (non-hydrogen) atoms. The molecule has 4 amide bonds. The third kappa shape index (κ3) is 8.39. The van der Waals surface area contributed by atoms with Crippen molar-refractivity contribution in [2.45, 2.75) is 72.4 Å². The molecule has 12 nitrogen and oxygen atoms in total. The second kappa shape index (κ2) is 15.0. The Balaban J connectivity index is 1.57. The van der Waals surface area contributed by atoms with E-state index in [2.05, 4.69) is 28.0 Å². The van der Waals surface area contributed by atoms with Crippen molar-refractivity contribution in [3.63, 3.8) is 0 Å². The molecule has 1 aromatic heterocycles. The highest BCUT2D eigenvalue weighted by atomic mass is 32.2. The molecule has 1 aromatic carbocycles. The molecule has 2 heterocycles. The number of aromatic nitrogens is 2. The smallest absolute Gasteiger partial charge is 0.270 e. The number of nitrogens with one attached hydrogen (secondary N) is 3. The number of allylic oxidation sites excluding steroid dienone is 1. The quantitative estimate of drug-likeness (QED) is 0.331. The Morgan fingerprint density at radius 1 is 1.04 bits per heavy atom. The van der Waals surface area contributed by atoms with Gasteiger partial charge in [0.25, 0.3) is 11.8 Å². The molecule has 14 heteroatoms. The van der Waals surface area contributed by atoms with Crippen LogP contribution >= 0.6 is 0 Å². The lowest BCUT2D eigenvalue weighted by Crippen LogP contribution is -2.49. The van der Waals surface area contributed by atoms with Crippen molar-refractivity contribution >= 4 is 44.7 Å². The van der Waals surface area contributed by atoms with Gasteiger partial charge in [-0.2, -0.15) is 5.10 Å². The third-order valence-electron chi connectivity index (χ3n) is 8.82. The van der Waals surface area contributed by atoms with Gasteiger partial charge in [0.05, 0.1) is 17.2 Å². The van der Waals surface area contributed by atoms with E-state index < -0.39 is 45.3 Å². The first kappa shape index (κ1) is 34.8. The summed E-state index contributed by atoms with van der Waals surface area (Å²) in [5, 5.41) is 12.3. The van der Waals surface area contributed by atoms with Gasteiger partial charge in [-0.15, -0.1) is 0 Å². The van der Waals surface area contributed by atoms with E-state index in [0.717, 1.165) is 31.7 Å². The molecule has 3 N–H and O–H groups in total. The van der Waals surface area contributed by atoms with Gasteiger partial charge in [-0.3, -0.25) is 23.9 Å². The molecule has 0 unspecified atom stereocenters. The highest BCUT2D eigenvalue weighted by molar-refractivity contribution is 7.91. The second-order valence-corrected chi connectivity index (χ2v) is 14.3. The Hall–Kier alpha value is -4.07. The fourth-order valence-electron chi connectivity index (χ4n) is 5.82. The van der Waals surface area contributed by atoms with Crippen molar-refractivity contribution in [1.29, 1.82) is 0 Å². The van der Waals surface area contributed by atoms with E-state index in [1.165, 1.54) is 27.9 Å². The molecule has 2 aliphatic rings. The Morgan fingerprint density at radius 2 is 1.72 bits per heavy atom. The monoisotopic (exact) mass is 658 g/mol. The van der Waals surface area contributed by atoms with E-state index in [1.54, 1.807) is 19.9 Å². The maximum Gasteiger partial charge on any atom is 0.270 e. The van der Waals surface area contributed by atoms with Crippen molar-refractivity contribution in [2.75, 3.05) is 29.9 Å². The van der Waals surface area contributed by atoms with Crippen LogP contribution in [-0.2, 0) is 30.8 Å². The lowest BCUT2D eigenvalue weighted by Gasteiger charge is -2.32. The van der Waals surface area contributed by atoms with Crippen LogP contribution in [0.1, 0.15) is 75.9 Å². The number of sulfone groups is 1. The first-order valence-corrected chi connectivity index (χ1v) is 17.6. The molecule has 250 valence electrons. The minimum absolute atomic E-state index is 0.0162. The molecule has 2 fully saturated rings. The molecule has 0 radical (unpaired) electrons. The number of aryl methyl sites for hydroxylation is 1. The average molecular weight is 659 g/mol. The summed E-state index contributed by atoms with van der Waals surface area (Å²) in [4.78, 5) is 53.9. The van der Waals surface area contributed by atoms with Gasteiger partial charge in [-0.1, -0.05) is 32.8 Å². The molecule has 1 saturated carbocycles. The lowest BCUT2D eigenvalue weighted by atomic mass is 9.79. The Kier molecular flexibility index (Phi) is 11.4. The summed E-state index contributed by atoms with van der Waals surface area (Å²) in [5.74, 6) is -2.71. The molecule has 1 saturated heterocycles. The standard InChI is InChI=1S/C32H43FN6O6S/c1-5-27(40)36-28(32(43)38-15-17-46(44,45)18-16-38)21(4)23-11-12-25(24(33)19-23)35-31(42)29(22-9-7-20(3)8-10-22)37-30(41)26-13-14-34-39(26)6-2/h11-14,19-20,22,29H,5-10,15-18H2,1-4H3,(H,35,42)(H,36,40)(H,37,41)/b28-21+/t20?,22?,29-/m0/s1.